The predicted molar refractivity (Wildman–Crippen MR) is 91.3 cm³/mol. The minimum Gasteiger partial charge on any atom is -0.497 e. The number of hydrogen-bond donors (Lipinski definition) is 1. The van der Waals surface area contributed by atoms with Gasteiger partial charge in [-0.25, -0.2) is 4.79 Å². The van der Waals surface area contributed by atoms with E-state index >= 15 is 0 Å². The highest BCUT2D eigenvalue weighted by Crippen LogP contribution is 2.19. The number of carbonyl (C=O) groups excluding carboxylic acids is 2. The Morgan fingerprint density at radius 1 is 1.08 bits per heavy atom. The molecule has 0 aliphatic rings. The van der Waals surface area contributed by atoms with Gasteiger partial charge < -0.3 is 19.2 Å². The number of carbonyl (C=O) groups is 2. The van der Waals surface area contributed by atoms with Gasteiger partial charge in [-0.3, -0.25) is 4.79 Å². The van der Waals surface area contributed by atoms with E-state index in [1.807, 2.05) is 42.5 Å². The van der Waals surface area contributed by atoms with Crippen LogP contribution in [0.4, 0.5) is 0 Å². The zero-order valence-corrected chi connectivity index (χ0v) is 13.7. The van der Waals surface area contributed by atoms with Crippen LogP contribution in [0.25, 0.3) is 11.0 Å². The summed E-state index contributed by atoms with van der Waals surface area (Å²) in [6.07, 6.45) is 0. The fraction of sp³-hybridized carbons (Fsp3) is 0.158. The molecule has 0 atom stereocenters. The molecule has 1 heterocycles. The van der Waals surface area contributed by atoms with Crippen molar-refractivity contribution in [2.24, 2.45) is 0 Å². The highest BCUT2D eigenvalue weighted by Gasteiger charge is 2.15. The van der Waals surface area contributed by atoms with Gasteiger partial charge in [0, 0.05) is 11.9 Å². The van der Waals surface area contributed by atoms with Gasteiger partial charge in [-0.15, -0.1) is 0 Å². The van der Waals surface area contributed by atoms with Gasteiger partial charge in [-0.1, -0.05) is 30.3 Å². The van der Waals surface area contributed by atoms with Gasteiger partial charge >= 0.3 is 5.97 Å². The van der Waals surface area contributed by atoms with Crippen molar-refractivity contribution < 1.29 is 23.5 Å². The second-order valence-electron chi connectivity index (χ2n) is 5.35. The van der Waals surface area contributed by atoms with Crippen LogP contribution in [0, 0.1) is 0 Å². The lowest BCUT2D eigenvalue weighted by Gasteiger charge is -2.07. The Labute approximate surface area is 144 Å². The van der Waals surface area contributed by atoms with E-state index in [9.17, 15) is 9.59 Å². The number of para-hydroxylation sites is 1. The van der Waals surface area contributed by atoms with Crippen molar-refractivity contribution in [1.82, 2.24) is 5.32 Å². The zero-order valence-electron chi connectivity index (χ0n) is 13.7. The standard InChI is InChI=1S/C19H17NO5/c1-23-15-7-4-5-13(9-15)11-20-18(21)12-24-19(22)17-10-14-6-2-3-8-16(14)25-17/h2-10H,11-12H2,1H3,(H,20,21). The summed E-state index contributed by atoms with van der Waals surface area (Å²) in [6.45, 7) is -0.0575. The number of fused-ring (bicyclic) bond motifs is 1. The molecular formula is C19H17NO5. The maximum atomic E-state index is 12.0. The topological polar surface area (TPSA) is 77.8 Å². The Morgan fingerprint density at radius 3 is 2.72 bits per heavy atom. The monoisotopic (exact) mass is 339 g/mol. The molecule has 0 aliphatic carbocycles. The van der Waals surface area contributed by atoms with Crippen molar-refractivity contribution in [3.63, 3.8) is 0 Å². The highest BCUT2D eigenvalue weighted by molar-refractivity contribution is 5.93. The van der Waals surface area contributed by atoms with Crippen LogP contribution in [0.2, 0.25) is 0 Å². The van der Waals surface area contributed by atoms with Gasteiger partial charge in [-0.2, -0.15) is 0 Å². The zero-order chi connectivity index (χ0) is 17.6. The third-order valence-electron chi connectivity index (χ3n) is 3.58. The van der Waals surface area contributed by atoms with E-state index in [1.54, 1.807) is 19.2 Å². The molecule has 6 heteroatoms. The van der Waals surface area contributed by atoms with Crippen LogP contribution in [-0.2, 0) is 16.1 Å². The molecule has 0 saturated carbocycles. The summed E-state index contributed by atoms with van der Waals surface area (Å²) in [6, 6.07) is 16.2. The molecule has 0 saturated heterocycles. The molecule has 0 unspecified atom stereocenters. The van der Waals surface area contributed by atoms with Crippen LogP contribution in [0.3, 0.4) is 0 Å². The van der Waals surface area contributed by atoms with E-state index in [4.69, 9.17) is 13.9 Å². The van der Waals surface area contributed by atoms with Crippen molar-refractivity contribution in [3.8, 4) is 5.75 Å². The van der Waals surface area contributed by atoms with Crippen molar-refractivity contribution in [2.45, 2.75) is 6.54 Å². The third kappa shape index (κ3) is 4.17. The highest BCUT2D eigenvalue weighted by atomic mass is 16.5. The molecule has 0 fully saturated rings. The van der Waals surface area contributed by atoms with Crippen molar-refractivity contribution in [2.75, 3.05) is 13.7 Å². The van der Waals surface area contributed by atoms with Gasteiger partial charge in [0.05, 0.1) is 7.11 Å². The van der Waals surface area contributed by atoms with Crippen LogP contribution in [0.1, 0.15) is 16.1 Å². The summed E-state index contributed by atoms with van der Waals surface area (Å²) in [7, 11) is 1.58. The Balaban J connectivity index is 1.50. The molecular weight excluding hydrogens is 322 g/mol. The molecule has 0 aliphatic heterocycles. The molecule has 1 amide bonds. The maximum absolute atomic E-state index is 12.0. The van der Waals surface area contributed by atoms with Gasteiger partial charge in [0.1, 0.15) is 11.3 Å². The first-order chi connectivity index (χ1) is 12.2. The lowest BCUT2D eigenvalue weighted by atomic mass is 10.2. The average Bonchev–Trinajstić information content (AvgIpc) is 3.09. The lowest BCUT2D eigenvalue weighted by Crippen LogP contribution is -2.28. The summed E-state index contributed by atoms with van der Waals surface area (Å²) in [4.78, 5) is 23.8. The van der Waals surface area contributed by atoms with Crippen LogP contribution in [0.15, 0.2) is 59.0 Å². The van der Waals surface area contributed by atoms with Gasteiger partial charge in [0.2, 0.25) is 5.76 Å². The summed E-state index contributed by atoms with van der Waals surface area (Å²) in [5, 5.41) is 3.48. The van der Waals surface area contributed by atoms with Crippen LogP contribution in [0.5, 0.6) is 5.75 Å². The smallest absolute Gasteiger partial charge is 0.374 e. The molecule has 0 bridgehead atoms. The van der Waals surface area contributed by atoms with Crippen molar-refractivity contribution in [3.05, 3.63) is 65.9 Å². The van der Waals surface area contributed by atoms with Crippen LogP contribution in [-0.4, -0.2) is 25.6 Å². The number of esters is 1. The Kier molecular flexibility index (Phi) is 4.99. The normalized spacial score (nSPS) is 10.4. The Hall–Kier alpha value is -3.28. The number of hydrogen-bond acceptors (Lipinski definition) is 5. The second-order valence-corrected chi connectivity index (χ2v) is 5.35. The lowest BCUT2D eigenvalue weighted by molar-refractivity contribution is -0.124. The quantitative estimate of drug-likeness (QED) is 0.699. The van der Waals surface area contributed by atoms with Gasteiger partial charge in [0.15, 0.2) is 6.61 Å². The third-order valence-corrected chi connectivity index (χ3v) is 3.58. The molecule has 3 aromatic rings. The minimum atomic E-state index is -0.673. The first-order valence-corrected chi connectivity index (χ1v) is 7.71. The van der Waals surface area contributed by atoms with Gasteiger partial charge in [0.25, 0.3) is 5.91 Å². The van der Waals surface area contributed by atoms with E-state index < -0.39 is 11.9 Å². The first kappa shape index (κ1) is 16.6. The molecule has 1 N–H and O–H groups in total. The number of nitrogens with one attached hydrogen (secondary N) is 1. The van der Waals surface area contributed by atoms with E-state index in [0.29, 0.717) is 17.9 Å². The summed E-state index contributed by atoms with van der Waals surface area (Å²) < 4.78 is 15.5. The maximum Gasteiger partial charge on any atom is 0.374 e. The summed E-state index contributed by atoms with van der Waals surface area (Å²) in [5.41, 5.74) is 1.48. The molecule has 25 heavy (non-hydrogen) atoms. The number of rotatable bonds is 6. The Morgan fingerprint density at radius 2 is 1.92 bits per heavy atom. The molecule has 3 rings (SSSR count). The molecule has 128 valence electrons. The molecule has 0 spiro atoms. The summed E-state index contributed by atoms with van der Waals surface area (Å²) in [5.74, 6) is -0.287. The van der Waals surface area contributed by atoms with E-state index in [-0.39, 0.29) is 12.4 Å². The van der Waals surface area contributed by atoms with E-state index in [2.05, 4.69) is 5.32 Å². The van der Waals surface area contributed by atoms with Gasteiger partial charge in [-0.05, 0) is 29.8 Å². The van der Waals surface area contributed by atoms with E-state index in [1.165, 1.54) is 0 Å². The largest absolute Gasteiger partial charge is 0.497 e. The molecule has 6 nitrogen and oxygen atoms in total. The minimum absolute atomic E-state index is 0.0711. The molecule has 1 aromatic heterocycles. The Bertz CT molecular complexity index is 866. The first-order valence-electron chi connectivity index (χ1n) is 7.71. The van der Waals surface area contributed by atoms with Crippen LogP contribution < -0.4 is 10.1 Å². The van der Waals surface area contributed by atoms with Crippen LogP contribution >= 0.6 is 0 Å². The van der Waals surface area contributed by atoms with E-state index in [0.717, 1.165) is 10.9 Å². The second kappa shape index (κ2) is 7.53. The molecule has 0 radical (unpaired) electrons. The summed E-state index contributed by atoms with van der Waals surface area (Å²) >= 11 is 0. The fourth-order valence-electron chi connectivity index (χ4n) is 2.32. The number of ether oxygens (including phenoxy) is 2. The average molecular weight is 339 g/mol. The molecule has 2 aromatic carbocycles. The number of amides is 1. The van der Waals surface area contributed by atoms with Crippen molar-refractivity contribution >= 4 is 22.8 Å². The fourth-order valence-corrected chi connectivity index (χ4v) is 2.32. The number of methoxy groups -OCH3 is 1. The van der Waals surface area contributed by atoms with Crippen molar-refractivity contribution in [1.29, 1.82) is 0 Å². The predicted octanol–water partition coefficient (Wildman–Crippen LogP) is 2.91. The number of benzene rings is 2. The SMILES string of the molecule is COc1cccc(CNC(=O)COC(=O)c2cc3ccccc3o2)c1. The number of furan rings is 1.